The third-order valence-corrected chi connectivity index (χ3v) is 5.31. The van der Waals surface area contributed by atoms with Crippen LogP contribution in [0.2, 0.25) is 0 Å². The molecule has 4 heterocycles. The molecule has 0 bridgehead atoms. The number of nitrogens with zero attached hydrogens (tertiary/aromatic N) is 4. The Balaban J connectivity index is 1.35. The molecule has 1 amide bonds. The number of piperidine rings is 1. The molecule has 0 radical (unpaired) electrons. The van der Waals surface area contributed by atoms with E-state index in [1.165, 1.54) is 5.56 Å². The van der Waals surface area contributed by atoms with Crippen molar-refractivity contribution in [2.45, 2.75) is 25.7 Å². The smallest absolute Gasteiger partial charge is 0.246 e. The summed E-state index contributed by atoms with van der Waals surface area (Å²) in [6, 6.07) is 13.8. The van der Waals surface area contributed by atoms with Crippen molar-refractivity contribution in [2.24, 2.45) is 0 Å². The Kier molecular flexibility index (Phi) is 6.13. The van der Waals surface area contributed by atoms with Crippen molar-refractivity contribution in [2.75, 3.05) is 18.4 Å². The predicted octanol–water partition coefficient (Wildman–Crippen LogP) is 4.34. The van der Waals surface area contributed by atoms with E-state index < -0.39 is 0 Å². The van der Waals surface area contributed by atoms with E-state index in [4.69, 9.17) is 0 Å². The third kappa shape index (κ3) is 5.08. The molecule has 1 saturated heterocycles. The highest BCUT2D eigenvalue weighted by atomic mass is 16.2. The summed E-state index contributed by atoms with van der Waals surface area (Å²) in [7, 11) is 0. The van der Waals surface area contributed by atoms with Gasteiger partial charge in [-0.15, -0.1) is 0 Å². The van der Waals surface area contributed by atoms with Crippen molar-refractivity contribution in [3.63, 3.8) is 0 Å². The SMILES string of the molecule is Cc1cccc(Nc2cc(C3CCN(C(=O)C=Cc4cccnc4)CC3)ccn2)n1. The number of rotatable bonds is 5. The van der Waals surface area contributed by atoms with Gasteiger partial charge < -0.3 is 10.2 Å². The van der Waals surface area contributed by atoms with Gasteiger partial charge in [-0.3, -0.25) is 9.78 Å². The van der Waals surface area contributed by atoms with Gasteiger partial charge in [0.1, 0.15) is 11.6 Å². The highest BCUT2D eigenvalue weighted by Crippen LogP contribution is 2.29. The number of hydrogen-bond donors (Lipinski definition) is 1. The van der Waals surface area contributed by atoms with Gasteiger partial charge in [0, 0.05) is 43.4 Å². The molecular formula is C24H25N5O. The lowest BCUT2D eigenvalue weighted by atomic mass is 9.90. The van der Waals surface area contributed by atoms with Crippen LogP contribution in [0.25, 0.3) is 6.08 Å². The molecule has 30 heavy (non-hydrogen) atoms. The molecule has 1 N–H and O–H groups in total. The first kappa shape index (κ1) is 19.8. The molecule has 0 spiro atoms. The number of pyridine rings is 3. The summed E-state index contributed by atoms with van der Waals surface area (Å²) in [5.41, 5.74) is 3.14. The van der Waals surface area contributed by atoms with Crippen molar-refractivity contribution in [3.05, 3.63) is 84.0 Å². The minimum Gasteiger partial charge on any atom is -0.339 e. The molecule has 1 aliphatic heterocycles. The fraction of sp³-hybridized carbons (Fsp3) is 0.250. The van der Waals surface area contributed by atoms with Crippen molar-refractivity contribution in [1.82, 2.24) is 19.9 Å². The summed E-state index contributed by atoms with van der Waals surface area (Å²) in [6.45, 7) is 3.48. The zero-order valence-electron chi connectivity index (χ0n) is 17.0. The zero-order chi connectivity index (χ0) is 20.8. The van der Waals surface area contributed by atoms with Crippen LogP contribution in [0.5, 0.6) is 0 Å². The highest BCUT2D eigenvalue weighted by molar-refractivity contribution is 5.91. The lowest BCUT2D eigenvalue weighted by molar-refractivity contribution is -0.126. The second-order valence-electron chi connectivity index (χ2n) is 7.48. The number of aryl methyl sites for hydroxylation is 1. The Morgan fingerprint density at radius 2 is 1.97 bits per heavy atom. The van der Waals surface area contributed by atoms with E-state index in [2.05, 4.69) is 32.4 Å². The fourth-order valence-corrected chi connectivity index (χ4v) is 3.69. The van der Waals surface area contributed by atoms with Gasteiger partial charge in [-0.05, 0) is 73.2 Å². The van der Waals surface area contributed by atoms with E-state index in [0.717, 1.165) is 48.8 Å². The lowest BCUT2D eigenvalue weighted by Crippen LogP contribution is -2.36. The highest BCUT2D eigenvalue weighted by Gasteiger charge is 2.23. The monoisotopic (exact) mass is 399 g/mol. The van der Waals surface area contributed by atoms with Crippen molar-refractivity contribution >= 4 is 23.6 Å². The van der Waals surface area contributed by atoms with Crippen LogP contribution < -0.4 is 5.32 Å². The Bertz CT molecular complexity index is 1030. The maximum atomic E-state index is 12.5. The summed E-state index contributed by atoms with van der Waals surface area (Å²) in [5.74, 6) is 2.06. The van der Waals surface area contributed by atoms with Crippen LogP contribution in [0.1, 0.15) is 35.6 Å². The Labute approximate surface area is 176 Å². The average molecular weight is 399 g/mol. The normalized spacial score (nSPS) is 14.8. The molecule has 0 unspecified atom stereocenters. The Hall–Kier alpha value is -3.54. The van der Waals surface area contributed by atoms with Gasteiger partial charge in [-0.2, -0.15) is 0 Å². The molecule has 0 atom stereocenters. The number of hydrogen-bond acceptors (Lipinski definition) is 5. The van der Waals surface area contributed by atoms with Gasteiger partial charge >= 0.3 is 0 Å². The van der Waals surface area contributed by atoms with Crippen LogP contribution in [-0.2, 0) is 4.79 Å². The van der Waals surface area contributed by atoms with Gasteiger partial charge in [0.25, 0.3) is 0 Å². The van der Waals surface area contributed by atoms with Gasteiger partial charge in [-0.1, -0.05) is 12.1 Å². The maximum Gasteiger partial charge on any atom is 0.246 e. The average Bonchev–Trinajstić information content (AvgIpc) is 2.78. The number of aromatic nitrogens is 3. The molecule has 0 aliphatic carbocycles. The van der Waals surface area contributed by atoms with Gasteiger partial charge in [0.15, 0.2) is 0 Å². The van der Waals surface area contributed by atoms with Crippen LogP contribution in [0.4, 0.5) is 11.6 Å². The summed E-state index contributed by atoms with van der Waals surface area (Å²) in [5, 5.41) is 3.28. The van der Waals surface area contributed by atoms with Crippen LogP contribution in [0.3, 0.4) is 0 Å². The van der Waals surface area contributed by atoms with Crippen molar-refractivity contribution in [1.29, 1.82) is 0 Å². The molecule has 6 nitrogen and oxygen atoms in total. The minimum atomic E-state index is 0.0555. The van der Waals surface area contributed by atoms with Crippen LogP contribution in [0, 0.1) is 6.92 Å². The van der Waals surface area contributed by atoms with E-state index in [0.29, 0.717) is 5.92 Å². The standard InChI is InChI=1S/C24H25N5O/c1-18-4-2-6-22(27-18)28-23-16-21(9-13-26-23)20-10-14-29(15-11-20)24(30)8-7-19-5-3-12-25-17-19/h2-9,12-13,16-17,20H,10-11,14-15H2,1H3,(H,26,27,28). The largest absolute Gasteiger partial charge is 0.339 e. The maximum absolute atomic E-state index is 12.5. The second-order valence-corrected chi connectivity index (χ2v) is 7.48. The van der Waals surface area contributed by atoms with Crippen molar-refractivity contribution < 1.29 is 4.79 Å². The number of nitrogens with one attached hydrogen (secondary N) is 1. The molecule has 1 aliphatic rings. The number of carbonyl (C=O) groups excluding carboxylic acids is 1. The van der Waals surface area contributed by atoms with Crippen LogP contribution in [0.15, 0.2) is 67.1 Å². The molecule has 1 fully saturated rings. The van der Waals surface area contributed by atoms with E-state index in [1.807, 2.05) is 54.4 Å². The second kappa shape index (κ2) is 9.31. The number of anilines is 2. The van der Waals surface area contributed by atoms with E-state index in [9.17, 15) is 4.79 Å². The van der Waals surface area contributed by atoms with E-state index >= 15 is 0 Å². The molecule has 0 saturated carbocycles. The quantitative estimate of drug-likeness (QED) is 0.646. The number of likely N-dealkylation sites (tertiary alicyclic amines) is 1. The summed E-state index contributed by atoms with van der Waals surface area (Å²) < 4.78 is 0. The fourth-order valence-electron chi connectivity index (χ4n) is 3.69. The Morgan fingerprint density at radius 1 is 1.10 bits per heavy atom. The molecule has 0 aromatic carbocycles. The first-order valence-corrected chi connectivity index (χ1v) is 10.2. The number of amides is 1. The minimum absolute atomic E-state index is 0.0555. The molecular weight excluding hydrogens is 374 g/mol. The first-order valence-electron chi connectivity index (χ1n) is 10.2. The summed E-state index contributed by atoms with van der Waals surface area (Å²) in [4.78, 5) is 27.4. The van der Waals surface area contributed by atoms with Crippen LogP contribution >= 0.6 is 0 Å². The summed E-state index contributed by atoms with van der Waals surface area (Å²) in [6.07, 6.45) is 10.7. The third-order valence-electron chi connectivity index (χ3n) is 5.31. The van der Waals surface area contributed by atoms with E-state index in [-0.39, 0.29) is 5.91 Å². The number of carbonyl (C=O) groups is 1. The Morgan fingerprint density at radius 3 is 2.73 bits per heavy atom. The molecule has 4 rings (SSSR count). The summed E-state index contributed by atoms with van der Waals surface area (Å²) >= 11 is 0. The van der Waals surface area contributed by atoms with Gasteiger partial charge in [-0.25, -0.2) is 9.97 Å². The first-order chi connectivity index (χ1) is 14.7. The molecule has 6 heteroatoms. The van der Waals surface area contributed by atoms with Crippen molar-refractivity contribution in [3.8, 4) is 0 Å². The van der Waals surface area contributed by atoms with Crippen LogP contribution in [-0.4, -0.2) is 38.8 Å². The molecule has 3 aromatic rings. The van der Waals surface area contributed by atoms with Gasteiger partial charge in [0.2, 0.25) is 5.91 Å². The van der Waals surface area contributed by atoms with E-state index in [1.54, 1.807) is 18.5 Å². The molecule has 3 aromatic heterocycles. The molecule has 152 valence electrons. The predicted molar refractivity (Wildman–Crippen MR) is 118 cm³/mol. The lowest BCUT2D eigenvalue weighted by Gasteiger charge is -2.31. The zero-order valence-corrected chi connectivity index (χ0v) is 17.0. The van der Waals surface area contributed by atoms with Gasteiger partial charge in [0.05, 0.1) is 0 Å². The topological polar surface area (TPSA) is 71.0 Å².